The van der Waals surface area contributed by atoms with E-state index < -0.39 is 0 Å². The Morgan fingerprint density at radius 3 is 2.70 bits per heavy atom. The molecular formula is C18H25N3O2. The number of nitrogens with one attached hydrogen (secondary N) is 1. The molecule has 2 aliphatic rings. The van der Waals surface area contributed by atoms with Crippen molar-refractivity contribution in [2.45, 2.75) is 25.8 Å². The van der Waals surface area contributed by atoms with Gasteiger partial charge < -0.3 is 15.1 Å². The molecule has 0 bridgehead atoms. The Labute approximate surface area is 137 Å². The molecule has 3 rings (SSSR count). The van der Waals surface area contributed by atoms with E-state index >= 15 is 0 Å². The number of likely N-dealkylation sites (tertiary alicyclic amines) is 1. The molecule has 2 heterocycles. The van der Waals surface area contributed by atoms with Crippen molar-refractivity contribution in [3.8, 4) is 0 Å². The fraction of sp³-hybridized carbons (Fsp3) is 0.556. The first-order chi connectivity index (χ1) is 11.2. The lowest BCUT2D eigenvalue weighted by Gasteiger charge is -2.33. The molecule has 0 radical (unpaired) electrons. The summed E-state index contributed by atoms with van der Waals surface area (Å²) in [7, 11) is 1.98. The topological polar surface area (TPSA) is 52.7 Å². The molecule has 2 amide bonds. The molecular weight excluding hydrogens is 290 g/mol. The second-order valence-electron chi connectivity index (χ2n) is 6.53. The van der Waals surface area contributed by atoms with Crippen LogP contribution in [0.15, 0.2) is 24.3 Å². The highest BCUT2D eigenvalue weighted by Gasteiger charge is 2.30. The van der Waals surface area contributed by atoms with E-state index in [4.69, 9.17) is 0 Å². The molecule has 0 aliphatic carbocycles. The number of rotatable bonds is 5. The van der Waals surface area contributed by atoms with Crippen molar-refractivity contribution in [1.82, 2.24) is 15.1 Å². The normalized spacial score (nSPS) is 18.4. The van der Waals surface area contributed by atoms with Crippen LogP contribution in [0.25, 0.3) is 0 Å². The van der Waals surface area contributed by atoms with Crippen molar-refractivity contribution in [2.24, 2.45) is 5.92 Å². The first kappa shape index (κ1) is 16.0. The van der Waals surface area contributed by atoms with E-state index in [9.17, 15) is 9.59 Å². The highest BCUT2D eigenvalue weighted by molar-refractivity contribution is 6.00. The number of hydrogen-bond acceptors (Lipinski definition) is 3. The van der Waals surface area contributed by atoms with Crippen LogP contribution in [0.2, 0.25) is 0 Å². The summed E-state index contributed by atoms with van der Waals surface area (Å²) in [5.74, 6) is 0.778. The van der Waals surface area contributed by atoms with E-state index in [1.165, 1.54) is 6.42 Å². The largest absolute Gasteiger partial charge is 0.341 e. The Hall–Kier alpha value is -1.88. The molecule has 0 atom stereocenters. The van der Waals surface area contributed by atoms with Crippen LogP contribution in [0.5, 0.6) is 0 Å². The van der Waals surface area contributed by atoms with Crippen LogP contribution in [0.4, 0.5) is 0 Å². The average Bonchev–Trinajstić information content (AvgIpc) is 2.90. The van der Waals surface area contributed by atoms with Gasteiger partial charge in [-0.3, -0.25) is 9.59 Å². The van der Waals surface area contributed by atoms with Crippen LogP contribution < -0.4 is 5.32 Å². The van der Waals surface area contributed by atoms with Crippen molar-refractivity contribution >= 4 is 11.8 Å². The van der Waals surface area contributed by atoms with Crippen LogP contribution in [0.1, 0.15) is 35.2 Å². The highest BCUT2D eigenvalue weighted by Crippen LogP contribution is 2.23. The van der Waals surface area contributed by atoms with Gasteiger partial charge in [0.05, 0.1) is 0 Å². The SMILES string of the molecule is CNCCC1CCN(C(=O)CN2Cc3ccccc3C2=O)CC1. The van der Waals surface area contributed by atoms with E-state index in [1.54, 1.807) is 4.90 Å². The molecule has 5 heteroatoms. The zero-order valence-electron chi connectivity index (χ0n) is 13.8. The predicted octanol–water partition coefficient (Wildman–Crippen LogP) is 1.49. The second-order valence-corrected chi connectivity index (χ2v) is 6.53. The zero-order valence-corrected chi connectivity index (χ0v) is 13.8. The van der Waals surface area contributed by atoms with Gasteiger partial charge in [0, 0.05) is 25.2 Å². The molecule has 1 saturated heterocycles. The monoisotopic (exact) mass is 315 g/mol. The second kappa shape index (κ2) is 7.13. The summed E-state index contributed by atoms with van der Waals surface area (Å²) in [5.41, 5.74) is 1.77. The molecule has 0 aromatic heterocycles. The molecule has 1 aromatic rings. The van der Waals surface area contributed by atoms with Gasteiger partial charge in [-0.2, -0.15) is 0 Å². The van der Waals surface area contributed by atoms with Crippen molar-refractivity contribution in [3.63, 3.8) is 0 Å². The maximum absolute atomic E-state index is 12.5. The molecule has 0 spiro atoms. The third kappa shape index (κ3) is 3.55. The molecule has 1 aromatic carbocycles. The van der Waals surface area contributed by atoms with Crippen LogP contribution in [0.3, 0.4) is 0 Å². The minimum absolute atomic E-state index is 0.0159. The maximum atomic E-state index is 12.5. The van der Waals surface area contributed by atoms with Gasteiger partial charge in [0.15, 0.2) is 0 Å². The quantitative estimate of drug-likeness (QED) is 0.896. The summed E-state index contributed by atoms with van der Waals surface area (Å²) >= 11 is 0. The Bertz CT molecular complexity index is 579. The van der Waals surface area contributed by atoms with Crippen LogP contribution in [0, 0.1) is 5.92 Å². The lowest BCUT2D eigenvalue weighted by Crippen LogP contribution is -2.44. The van der Waals surface area contributed by atoms with Gasteiger partial charge in [-0.1, -0.05) is 18.2 Å². The molecule has 2 aliphatic heterocycles. The van der Waals surface area contributed by atoms with Gasteiger partial charge in [0.25, 0.3) is 5.91 Å². The van der Waals surface area contributed by atoms with E-state index in [-0.39, 0.29) is 18.4 Å². The number of benzene rings is 1. The van der Waals surface area contributed by atoms with Gasteiger partial charge in [-0.05, 0) is 50.4 Å². The number of nitrogens with zero attached hydrogens (tertiary/aromatic N) is 2. The Kier molecular flexibility index (Phi) is 4.96. The van der Waals surface area contributed by atoms with Crippen molar-refractivity contribution in [1.29, 1.82) is 0 Å². The predicted molar refractivity (Wildman–Crippen MR) is 89.0 cm³/mol. The number of amides is 2. The first-order valence-corrected chi connectivity index (χ1v) is 8.48. The van der Waals surface area contributed by atoms with Crippen LogP contribution in [-0.4, -0.2) is 54.8 Å². The minimum Gasteiger partial charge on any atom is -0.341 e. The Morgan fingerprint density at radius 1 is 1.26 bits per heavy atom. The molecule has 5 nitrogen and oxygen atoms in total. The maximum Gasteiger partial charge on any atom is 0.254 e. The molecule has 124 valence electrons. The van der Waals surface area contributed by atoms with Gasteiger partial charge in [-0.25, -0.2) is 0 Å². The fourth-order valence-electron chi connectivity index (χ4n) is 3.53. The number of hydrogen-bond donors (Lipinski definition) is 1. The summed E-state index contributed by atoms with van der Waals surface area (Å²) in [6, 6.07) is 7.62. The standard InChI is InChI=1S/C18H25N3O2/c1-19-9-6-14-7-10-20(11-8-14)17(22)13-21-12-15-4-2-3-5-16(15)18(21)23/h2-5,14,19H,6-13H2,1H3. The molecule has 0 saturated carbocycles. The number of fused-ring (bicyclic) bond motifs is 1. The van der Waals surface area contributed by atoms with Gasteiger partial charge >= 0.3 is 0 Å². The third-order valence-electron chi connectivity index (χ3n) is 4.99. The average molecular weight is 315 g/mol. The van der Waals surface area contributed by atoms with Crippen LogP contribution >= 0.6 is 0 Å². The van der Waals surface area contributed by atoms with Gasteiger partial charge in [0.1, 0.15) is 6.54 Å². The molecule has 1 N–H and O–H groups in total. The molecule has 0 unspecified atom stereocenters. The summed E-state index contributed by atoms with van der Waals surface area (Å²) in [6.07, 6.45) is 3.32. The lowest BCUT2D eigenvalue weighted by molar-refractivity contribution is -0.133. The molecule has 1 fully saturated rings. The summed E-state index contributed by atoms with van der Waals surface area (Å²) in [5, 5.41) is 3.19. The first-order valence-electron chi connectivity index (χ1n) is 8.48. The van der Waals surface area contributed by atoms with Crippen molar-refractivity contribution < 1.29 is 9.59 Å². The summed E-state index contributed by atoms with van der Waals surface area (Å²) < 4.78 is 0. The van der Waals surface area contributed by atoms with Crippen molar-refractivity contribution in [2.75, 3.05) is 33.2 Å². The fourth-order valence-corrected chi connectivity index (χ4v) is 3.53. The Morgan fingerprint density at radius 2 is 2.00 bits per heavy atom. The third-order valence-corrected chi connectivity index (χ3v) is 4.99. The number of carbonyl (C=O) groups is 2. The lowest BCUT2D eigenvalue weighted by atomic mass is 9.93. The number of piperidine rings is 1. The van der Waals surface area contributed by atoms with E-state index in [0.29, 0.717) is 12.5 Å². The highest BCUT2D eigenvalue weighted by atomic mass is 16.2. The van der Waals surface area contributed by atoms with E-state index in [0.717, 1.165) is 43.6 Å². The number of carbonyl (C=O) groups excluding carboxylic acids is 2. The van der Waals surface area contributed by atoms with Gasteiger partial charge in [-0.15, -0.1) is 0 Å². The molecule has 23 heavy (non-hydrogen) atoms. The van der Waals surface area contributed by atoms with E-state index in [2.05, 4.69) is 5.32 Å². The zero-order chi connectivity index (χ0) is 16.2. The van der Waals surface area contributed by atoms with Crippen molar-refractivity contribution in [3.05, 3.63) is 35.4 Å². The van der Waals surface area contributed by atoms with Gasteiger partial charge in [0.2, 0.25) is 5.91 Å². The minimum atomic E-state index is -0.0159. The summed E-state index contributed by atoms with van der Waals surface area (Å²) in [6.45, 7) is 3.44. The smallest absolute Gasteiger partial charge is 0.254 e. The Balaban J connectivity index is 1.50. The summed E-state index contributed by atoms with van der Waals surface area (Å²) in [4.78, 5) is 28.4. The van der Waals surface area contributed by atoms with Crippen LogP contribution in [-0.2, 0) is 11.3 Å². The van der Waals surface area contributed by atoms with E-state index in [1.807, 2.05) is 36.2 Å².